The number of nitrogens with zero attached hydrogens (tertiary/aromatic N) is 4. The van der Waals surface area contributed by atoms with Gasteiger partial charge in [0.25, 0.3) is 0 Å². The van der Waals surface area contributed by atoms with Crippen molar-refractivity contribution in [1.82, 2.24) is 19.9 Å². The van der Waals surface area contributed by atoms with E-state index in [0.29, 0.717) is 5.82 Å². The second-order valence-corrected chi connectivity index (χ2v) is 13.4. The first-order valence-corrected chi connectivity index (χ1v) is 17.9. The third-order valence-electron chi connectivity index (χ3n) is 10.4. The van der Waals surface area contributed by atoms with E-state index in [1.165, 1.54) is 38.9 Å². The molecule has 1 unspecified atom stereocenters. The molecule has 1 aliphatic rings. The van der Waals surface area contributed by atoms with Gasteiger partial charge in [0, 0.05) is 22.9 Å². The van der Waals surface area contributed by atoms with Crippen molar-refractivity contribution in [2.24, 2.45) is 0 Å². The summed E-state index contributed by atoms with van der Waals surface area (Å²) in [5, 5.41) is 0. The first-order valence-electron chi connectivity index (χ1n) is 17.9. The number of fused-ring (bicyclic) bond motifs is 4. The second kappa shape index (κ2) is 12.6. The molecule has 248 valence electrons. The molecular formula is C49H32N4. The molecule has 0 bridgehead atoms. The van der Waals surface area contributed by atoms with Gasteiger partial charge >= 0.3 is 0 Å². The molecule has 4 nitrogen and oxygen atoms in total. The highest BCUT2D eigenvalue weighted by atomic mass is 14.9. The zero-order valence-electron chi connectivity index (χ0n) is 28.8. The van der Waals surface area contributed by atoms with Gasteiger partial charge in [-0.25, -0.2) is 15.0 Å². The number of benzene rings is 6. The summed E-state index contributed by atoms with van der Waals surface area (Å²) in [5.41, 5.74) is 15.2. The smallest absolute Gasteiger partial charge is 0.160 e. The van der Waals surface area contributed by atoms with Gasteiger partial charge in [0.15, 0.2) is 5.82 Å². The Hall–Kier alpha value is -7.04. The summed E-state index contributed by atoms with van der Waals surface area (Å²) in [6.07, 6.45) is 1.82. The molecule has 1 aliphatic carbocycles. The maximum atomic E-state index is 5.32. The Labute approximate surface area is 308 Å². The number of aromatic nitrogens is 4. The summed E-state index contributed by atoms with van der Waals surface area (Å²) in [4.78, 5) is 20.2. The fraction of sp³-hybridized carbons (Fsp3) is 0.0204. The van der Waals surface area contributed by atoms with Gasteiger partial charge in [-0.2, -0.15) is 0 Å². The summed E-state index contributed by atoms with van der Waals surface area (Å²) in [6.45, 7) is 0. The third-order valence-corrected chi connectivity index (χ3v) is 10.4. The summed E-state index contributed by atoms with van der Waals surface area (Å²) >= 11 is 0. The van der Waals surface area contributed by atoms with Crippen molar-refractivity contribution in [3.05, 3.63) is 217 Å². The van der Waals surface area contributed by atoms with Gasteiger partial charge in [0.05, 0.1) is 33.5 Å². The molecule has 3 heterocycles. The fourth-order valence-corrected chi connectivity index (χ4v) is 7.96. The van der Waals surface area contributed by atoms with Crippen LogP contribution in [0, 0.1) is 0 Å². The van der Waals surface area contributed by atoms with E-state index in [-0.39, 0.29) is 0 Å². The van der Waals surface area contributed by atoms with Crippen LogP contribution in [0.25, 0.3) is 67.2 Å². The van der Waals surface area contributed by atoms with E-state index in [1.807, 2.05) is 42.6 Å². The van der Waals surface area contributed by atoms with Crippen LogP contribution in [0.15, 0.2) is 194 Å². The molecule has 9 aromatic rings. The largest absolute Gasteiger partial charge is 0.255 e. The standard InChI is InChI=1S/C49H32N4/c1-4-13-33(14-5-1)34-22-24-35(25-23-34)45-32-46(53-48(52-45)36-15-6-2-7-16-36)37-26-27-42-40(31-37)39-19-10-11-20-41(39)49(42,38-17-8-3-9-18-38)47-29-28-43-44(51-47)21-12-30-50-43/h1-32H. The molecule has 3 aromatic heterocycles. The molecule has 0 radical (unpaired) electrons. The lowest BCUT2D eigenvalue weighted by molar-refractivity contribution is 0.739. The van der Waals surface area contributed by atoms with Crippen LogP contribution in [-0.2, 0) is 5.41 Å². The average molecular weight is 677 g/mol. The number of rotatable bonds is 6. The zero-order chi connectivity index (χ0) is 35.2. The van der Waals surface area contributed by atoms with Crippen molar-refractivity contribution < 1.29 is 0 Å². The predicted octanol–water partition coefficient (Wildman–Crippen LogP) is 11.5. The zero-order valence-corrected chi connectivity index (χ0v) is 28.8. The molecule has 0 spiro atoms. The quantitative estimate of drug-likeness (QED) is 0.176. The number of hydrogen-bond acceptors (Lipinski definition) is 4. The van der Waals surface area contributed by atoms with E-state index >= 15 is 0 Å². The van der Waals surface area contributed by atoms with Crippen molar-refractivity contribution in [2.45, 2.75) is 5.41 Å². The molecule has 0 aliphatic heterocycles. The van der Waals surface area contributed by atoms with Crippen molar-refractivity contribution in [3.8, 4) is 56.2 Å². The van der Waals surface area contributed by atoms with Crippen LogP contribution >= 0.6 is 0 Å². The van der Waals surface area contributed by atoms with E-state index in [9.17, 15) is 0 Å². The van der Waals surface area contributed by atoms with E-state index < -0.39 is 5.41 Å². The summed E-state index contributed by atoms with van der Waals surface area (Å²) < 4.78 is 0. The van der Waals surface area contributed by atoms with Crippen molar-refractivity contribution in [1.29, 1.82) is 0 Å². The Morgan fingerprint density at radius 1 is 0.358 bits per heavy atom. The lowest BCUT2D eigenvalue weighted by Gasteiger charge is -2.32. The van der Waals surface area contributed by atoms with E-state index in [0.717, 1.165) is 44.8 Å². The van der Waals surface area contributed by atoms with Crippen LogP contribution in [0.2, 0.25) is 0 Å². The molecule has 0 saturated heterocycles. The minimum atomic E-state index is -0.623. The van der Waals surface area contributed by atoms with Crippen LogP contribution in [0.5, 0.6) is 0 Å². The van der Waals surface area contributed by atoms with Crippen molar-refractivity contribution >= 4 is 11.0 Å². The molecule has 0 N–H and O–H groups in total. The highest BCUT2D eigenvalue weighted by Gasteiger charge is 2.47. The van der Waals surface area contributed by atoms with Crippen LogP contribution < -0.4 is 0 Å². The van der Waals surface area contributed by atoms with Crippen LogP contribution in [0.3, 0.4) is 0 Å². The van der Waals surface area contributed by atoms with Gasteiger partial charge in [-0.15, -0.1) is 0 Å². The van der Waals surface area contributed by atoms with Crippen LogP contribution in [-0.4, -0.2) is 19.9 Å². The highest BCUT2D eigenvalue weighted by molar-refractivity contribution is 5.89. The van der Waals surface area contributed by atoms with Gasteiger partial charge in [-0.1, -0.05) is 152 Å². The van der Waals surface area contributed by atoms with Gasteiger partial charge in [-0.3, -0.25) is 4.98 Å². The SMILES string of the molecule is c1ccc(-c2ccc(-c3cc(-c4ccc5c(c4)-c4ccccc4C5(c4ccccc4)c4ccc5ncccc5n4)nc(-c4ccccc4)n3)cc2)cc1. The number of pyridine rings is 2. The molecule has 53 heavy (non-hydrogen) atoms. The predicted molar refractivity (Wildman–Crippen MR) is 214 cm³/mol. The Kier molecular flexibility index (Phi) is 7.33. The minimum absolute atomic E-state index is 0.623. The monoisotopic (exact) mass is 676 g/mol. The van der Waals surface area contributed by atoms with Crippen molar-refractivity contribution in [3.63, 3.8) is 0 Å². The van der Waals surface area contributed by atoms with Gasteiger partial charge in [0.2, 0.25) is 0 Å². The maximum absolute atomic E-state index is 5.32. The normalized spacial score (nSPS) is 14.5. The lowest BCUT2D eigenvalue weighted by atomic mass is 9.69. The van der Waals surface area contributed by atoms with Gasteiger partial charge < -0.3 is 0 Å². The Balaban J connectivity index is 1.17. The molecule has 10 rings (SSSR count). The lowest BCUT2D eigenvalue weighted by Crippen LogP contribution is -2.29. The fourth-order valence-electron chi connectivity index (χ4n) is 7.96. The topological polar surface area (TPSA) is 51.6 Å². The minimum Gasteiger partial charge on any atom is -0.255 e. The summed E-state index contributed by atoms with van der Waals surface area (Å²) in [7, 11) is 0. The molecule has 0 amide bonds. The first-order chi connectivity index (χ1) is 26.3. The van der Waals surface area contributed by atoms with Crippen molar-refractivity contribution in [2.75, 3.05) is 0 Å². The molecule has 1 atom stereocenters. The molecule has 0 fully saturated rings. The third kappa shape index (κ3) is 5.15. The average Bonchev–Trinajstić information content (AvgIpc) is 3.55. The summed E-state index contributed by atoms with van der Waals surface area (Å²) in [6, 6.07) is 66.0. The molecule has 6 aromatic carbocycles. The Morgan fingerprint density at radius 2 is 0.962 bits per heavy atom. The first kappa shape index (κ1) is 30.8. The van der Waals surface area contributed by atoms with E-state index in [1.54, 1.807) is 0 Å². The second-order valence-electron chi connectivity index (χ2n) is 13.4. The number of hydrogen-bond donors (Lipinski definition) is 0. The van der Waals surface area contributed by atoms with Crippen LogP contribution in [0.1, 0.15) is 22.4 Å². The summed E-state index contributed by atoms with van der Waals surface area (Å²) in [5.74, 6) is 0.693. The molecule has 4 heteroatoms. The van der Waals surface area contributed by atoms with Crippen LogP contribution in [0.4, 0.5) is 0 Å². The Morgan fingerprint density at radius 3 is 1.74 bits per heavy atom. The van der Waals surface area contributed by atoms with E-state index in [4.69, 9.17) is 15.0 Å². The maximum Gasteiger partial charge on any atom is 0.160 e. The highest BCUT2D eigenvalue weighted by Crippen LogP contribution is 2.56. The molecule has 0 saturated carbocycles. The van der Waals surface area contributed by atoms with E-state index in [2.05, 4.69) is 157 Å². The Bertz CT molecular complexity index is 2760. The molecular weight excluding hydrogens is 645 g/mol. The van der Waals surface area contributed by atoms with Gasteiger partial charge in [-0.05, 0) is 75.3 Å². The van der Waals surface area contributed by atoms with Gasteiger partial charge in [0.1, 0.15) is 0 Å².